The fourth-order valence-electron chi connectivity index (χ4n) is 0.928. The van der Waals surface area contributed by atoms with Crippen molar-refractivity contribution in [1.29, 1.82) is 0 Å². The Morgan fingerprint density at radius 1 is 1.09 bits per heavy atom. The SMILES string of the molecule is CC(C)C/C(N)=C(/N)C(C)C. The first kappa shape index (κ1) is 10.3. The third-order valence-electron chi connectivity index (χ3n) is 1.62. The number of allylic oxidation sites excluding steroid dienone is 2. The first-order valence-corrected chi connectivity index (χ1v) is 4.19. The van der Waals surface area contributed by atoms with Gasteiger partial charge in [-0.25, -0.2) is 0 Å². The minimum atomic E-state index is 0.369. The topological polar surface area (TPSA) is 52.0 Å². The largest absolute Gasteiger partial charge is 0.401 e. The quantitative estimate of drug-likeness (QED) is 0.655. The third-order valence-corrected chi connectivity index (χ3v) is 1.62. The maximum absolute atomic E-state index is 5.77. The second-order valence-electron chi connectivity index (χ2n) is 3.73. The van der Waals surface area contributed by atoms with Crippen molar-refractivity contribution >= 4 is 0 Å². The molecule has 4 N–H and O–H groups in total. The fourth-order valence-corrected chi connectivity index (χ4v) is 0.928. The van der Waals surface area contributed by atoms with Gasteiger partial charge in [-0.2, -0.15) is 0 Å². The van der Waals surface area contributed by atoms with Gasteiger partial charge in [-0.05, 0) is 18.3 Å². The molecule has 0 spiro atoms. The Bertz CT molecular complexity index is 146. The van der Waals surface area contributed by atoms with Crippen LogP contribution in [0.1, 0.15) is 34.1 Å². The normalized spacial score (nSPS) is 14.0. The lowest BCUT2D eigenvalue weighted by molar-refractivity contribution is 0.618. The first-order valence-electron chi connectivity index (χ1n) is 4.19. The second-order valence-corrected chi connectivity index (χ2v) is 3.73. The Hall–Kier alpha value is -0.660. The van der Waals surface area contributed by atoms with Crippen LogP contribution >= 0.6 is 0 Å². The van der Waals surface area contributed by atoms with Crippen molar-refractivity contribution < 1.29 is 0 Å². The summed E-state index contributed by atoms with van der Waals surface area (Å²) in [4.78, 5) is 0. The van der Waals surface area contributed by atoms with Gasteiger partial charge in [0, 0.05) is 11.4 Å². The molecule has 0 unspecified atom stereocenters. The van der Waals surface area contributed by atoms with Gasteiger partial charge >= 0.3 is 0 Å². The Balaban J connectivity index is 4.16. The van der Waals surface area contributed by atoms with Gasteiger partial charge < -0.3 is 11.5 Å². The Morgan fingerprint density at radius 3 is 1.82 bits per heavy atom. The molecule has 0 radical (unpaired) electrons. The van der Waals surface area contributed by atoms with E-state index >= 15 is 0 Å². The summed E-state index contributed by atoms with van der Waals surface area (Å²) in [7, 11) is 0. The lowest BCUT2D eigenvalue weighted by Gasteiger charge is -2.12. The number of rotatable bonds is 3. The van der Waals surface area contributed by atoms with Crippen LogP contribution in [0.15, 0.2) is 11.4 Å². The first-order chi connectivity index (χ1) is 4.95. The van der Waals surface area contributed by atoms with Crippen LogP contribution in [0.5, 0.6) is 0 Å². The van der Waals surface area contributed by atoms with Gasteiger partial charge in [0.2, 0.25) is 0 Å². The van der Waals surface area contributed by atoms with Crippen LogP contribution in [0, 0.1) is 11.8 Å². The van der Waals surface area contributed by atoms with Crippen molar-refractivity contribution in [2.45, 2.75) is 34.1 Å². The molecule has 2 nitrogen and oxygen atoms in total. The molecule has 0 aromatic heterocycles. The molecule has 0 atom stereocenters. The van der Waals surface area contributed by atoms with Crippen molar-refractivity contribution in [2.24, 2.45) is 23.3 Å². The van der Waals surface area contributed by atoms with Crippen molar-refractivity contribution in [3.05, 3.63) is 11.4 Å². The minimum Gasteiger partial charge on any atom is -0.401 e. The van der Waals surface area contributed by atoms with Crippen LogP contribution < -0.4 is 11.5 Å². The number of nitrogens with two attached hydrogens (primary N) is 2. The Labute approximate surface area is 69.6 Å². The van der Waals surface area contributed by atoms with Gasteiger partial charge in [-0.1, -0.05) is 27.7 Å². The molecule has 0 saturated carbocycles. The highest BCUT2D eigenvalue weighted by Gasteiger charge is 2.04. The maximum atomic E-state index is 5.77. The summed E-state index contributed by atoms with van der Waals surface area (Å²) in [5.74, 6) is 0.959. The fraction of sp³-hybridized carbons (Fsp3) is 0.778. The highest BCUT2D eigenvalue weighted by molar-refractivity contribution is 5.09. The summed E-state index contributed by atoms with van der Waals surface area (Å²) < 4.78 is 0. The summed E-state index contributed by atoms with van der Waals surface area (Å²) in [5, 5.41) is 0. The van der Waals surface area contributed by atoms with E-state index < -0.39 is 0 Å². The van der Waals surface area contributed by atoms with E-state index in [1.807, 2.05) is 0 Å². The van der Waals surface area contributed by atoms with Crippen LogP contribution in [-0.4, -0.2) is 0 Å². The van der Waals surface area contributed by atoms with E-state index in [0.717, 1.165) is 17.8 Å². The number of hydrogen-bond acceptors (Lipinski definition) is 2. The van der Waals surface area contributed by atoms with Gasteiger partial charge in [-0.15, -0.1) is 0 Å². The highest BCUT2D eigenvalue weighted by atomic mass is 14.7. The van der Waals surface area contributed by atoms with Crippen molar-refractivity contribution in [2.75, 3.05) is 0 Å². The summed E-state index contributed by atoms with van der Waals surface area (Å²) in [5.41, 5.74) is 13.2. The predicted octanol–water partition coefficient (Wildman–Crippen LogP) is 1.82. The summed E-state index contributed by atoms with van der Waals surface area (Å²) >= 11 is 0. The van der Waals surface area contributed by atoms with Crippen molar-refractivity contribution in [3.63, 3.8) is 0 Å². The predicted molar refractivity (Wildman–Crippen MR) is 49.7 cm³/mol. The van der Waals surface area contributed by atoms with Crippen molar-refractivity contribution in [1.82, 2.24) is 0 Å². The molecule has 0 aliphatic heterocycles. The van der Waals surface area contributed by atoms with Gasteiger partial charge in [0.05, 0.1) is 0 Å². The third kappa shape index (κ3) is 3.91. The zero-order valence-corrected chi connectivity index (χ0v) is 8.02. The molecule has 0 fully saturated rings. The average Bonchev–Trinajstić information content (AvgIpc) is 1.84. The monoisotopic (exact) mass is 156 g/mol. The average molecular weight is 156 g/mol. The van der Waals surface area contributed by atoms with E-state index in [1.54, 1.807) is 0 Å². The highest BCUT2D eigenvalue weighted by Crippen LogP contribution is 2.12. The molecular formula is C9H20N2. The van der Waals surface area contributed by atoms with E-state index in [0.29, 0.717) is 11.8 Å². The summed E-state index contributed by atoms with van der Waals surface area (Å²) in [6.07, 6.45) is 0.907. The lowest BCUT2D eigenvalue weighted by atomic mass is 10.0. The molecule has 0 aliphatic carbocycles. The van der Waals surface area contributed by atoms with Gasteiger partial charge in [0.25, 0.3) is 0 Å². The molecule has 0 bridgehead atoms. The standard InChI is InChI=1S/C9H20N2/c1-6(2)5-8(10)9(11)7(3)4/h6-7H,5,10-11H2,1-4H3/b9-8-. The molecule has 0 aromatic carbocycles. The zero-order chi connectivity index (χ0) is 9.02. The molecule has 0 aliphatic rings. The van der Waals surface area contributed by atoms with E-state index in [9.17, 15) is 0 Å². The summed E-state index contributed by atoms with van der Waals surface area (Å²) in [6, 6.07) is 0. The molecule has 0 saturated heterocycles. The minimum absolute atomic E-state index is 0.369. The van der Waals surface area contributed by atoms with Crippen LogP contribution in [0.25, 0.3) is 0 Å². The number of hydrogen-bond donors (Lipinski definition) is 2. The van der Waals surface area contributed by atoms with Crippen LogP contribution in [0.3, 0.4) is 0 Å². The molecule has 0 aromatic rings. The van der Waals surface area contributed by atoms with E-state index in [2.05, 4.69) is 27.7 Å². The lowest BCUT2D eigenvalue weighted by Crippen LogP contribution is -2.15. The molecule has 0 amide bonds. The molecule has 2 heteroatoms. The Morgan fingerprint density at radius 2 is 1.55 bits per heavy atom. The summed E-state index contributed by atoms with van der Waals surface area (Å²) in [6.45, 7) is 8.39. The van der Waals surface area contributed by atoms with Gasteiger partial charge in [0.15, 0.2) is 0 Å². The molecule has 66 valence electrons. The van der Waals surface area contributed by atoms with Crippen LogP contribution in [0.4, 0.5) is 0 Å². The molecule has 0 heterocycles. The van der Waals surface area contributed by atoms with Crippen LogP contribution in [0.2, 0.25) is 0 Å². The van der Waals surface area contributed by atoms with E-state index in [1.165, 1.54) is 0 Å². The van der Waals surface area contributed by atoms with Gasteiger partial charge in [0.1, 0.15) is 0 Å². The maximum Gasteiger partial charge on any atom is 0.0297 e. The zero-order valence-electron chi connectivity index (χ0n) is 8.02. The molecular weight excluding hydrogens is 136 g/mol. The molecule has 0 rings (SSSR count). The van der Waals surface area contributed by atoms with Gasteiger partial charge in [-0.3, -0.25) is 0 Å². The van der Waals surface area contributed by atoms with E-state index in [4.69, 9.17) is 11.5 Å². The van der Waals surface area contributed by atoms with E-state index in [-0.39, 0.29) is 0 Å². The smallest absolute Gasteiger partial charge is 0.0297 e. The molecule has 11 heavy (non-hydrogen) atoms. The van der Waals surface area contributed by atoms with Crippen molar-refractivity contribution in [3.8, 4) is 0 Å². The second kappa shape index (κ2) is 4.27. The van der Waals surface area contributed by atoms with Crippen LogP contribution in [-0.2, 0) is 0 Å². The Kier molecular flexibility index (Phi) is 4.01.